The fourth-order valence-electron chi connectivity index (χ4n) is 9.67. The monoisotopic (exact) mass is 1020 g/mol. The fraction of sp³-hybridized carbons (Fsp3) is 0.442. The van der Waals surface area contributed by atoms with Gasteiger partial charge in [-0.3, -0.25) is 33.7 Å². The molecule has 7 N–H and O–H groups in total. The summed E-state index contributed by atoms with van der Waals surface area (Å²) in [4.78, 5) is 109. The van der Waals surface area contributed by atoms with E-state index in [2.05, 4.69) is 21.3 Å². The van der Waals surface area contributed by atoms with E-state index in [-0.39, 0.29) is 83.1 Å². The number of unbranched alkanes of at least 4 members (excludes halogenated alkanes) is 1. The summed E-state index contributed by atoms with van der Waals surface area (Å²) in [5, 5.41) is 23.2. The van der Waals surface area contributed by atoms with Crippen molar-refractivity contribution in [2.24, 2.45) is 5.73 Å². The average Bonchev–Trinajstić information content (AvgIpc) is 3.92. The number of ether oxygens (including phenoxy) is 4. The number of hydrogen-bond donors (Lipinski definition) is 6. The lowest BCUT2D eigenvalue weighted by Gasteiger charge is -2.31. The van der Waals surface area contributed by atoms with Crippen LogP contribution in [0.4, 0.5) is 14.9 Å². The number of amides is 6. The van der Waals surface area contributed by atoms with Crippen LogP contribution in [-0.2, 0) is 79.5 Å². The van der Waals surface area contributed by atoms with Crippen LogP contribution in [0.25, 0.3) is 22.3 Å². The second-order valence-electron chi connectivity index (χ2n) is 18.6. The van der Waals surface area contributed by atoms with Crippen molar-refractivity contribution in [2.45, 2.75) is 109 Å². The molecule has 22 heteroatoms. The van der Waals surface area contributed by atoms with Crippen molar-refractivity contribution in [2.75, 3.05) is 44.8 Å². The Balaban J connectivity index is 0.834. The SMILES string of the molecule is CC[C@@]1(O)C(=O)OCc2c1cc1n(c2=O)Cc2c-1nc1cc(F)c(C)c3c1c2C(NC(=O)OCc1ccc(NC(=O)[C@H](C)NC(=O)[C@H](CCCCN)NC(=O)CCOCCOCCN2C(=O)C=CC2=O)cc1)CC3. The van der Waals surface area contributed by atoms with Crippen LogP contribution >= 0.6 is 0 Å². The number of nitrogens with zero attached hydrogens (tertiary/aromatic N) is 3. The molecule has 4 atom stereocenters. The minimum absolute atomic E-state index is 0.0338. The summed E-state index contributed by atoms with van der Waals surface area (Å²) >= 11 is 0. The number of aryl methyl sites for hydroxylation is 1. The first kappa shape index (κ1) is 52.9. The number of aliphatic hydroxyl groups is 1. The van der Waals surface area contributed by atoms with E-state index in [9.17, 15) is 43.5 Å². The Morgan fingerprint density at radius 1 is 0.959 bits per heavy atom. The van der Waals surface area contributed by atoms with Gasteiger partial charge in [0.25, 0.3) is 17.4 Å². The second-order valence-corrected chi connectivity index (χ2v) is 18.6. The molecule has 1 unspecified atom stereocenters. The number of fused-ring (bicyclic) bond motifs is 5. The number of nitrogens with one attached hydrogen (secondary N) is 4. The number of alkyl carbamates (subject to hydrolysis) is 1. The average molecular weight is 1020 g/mol. The molecule has 1 aliphatic carbocycles. The number of benzene rings is 2. The van der Waals surface area contributed by atoms with Gasteiger partial charge in [0.1, 0.15) is 31.1 Å². The van der Waals surface area contributed by atoms with Gasteiger partial charge in [-0.25, -0.2) is 19.0 Å². The van der Waals surface area contributed by atoms with Crippen LogP contribution in [0.1, 0.15) is 97.4 Å². The molecular weight excluding hydrogens is 964 g/mol. The third-order valence-electron chi connectivity index (χ3n) is 13.8. The number of nitrogens with two attached hydrogens (primary N) is 1. The van der Waals surface area contributed by atoms with E-state index in [4.69, 9.17) is 29.7 Å². The van der Waals surface area contributed by atoms with Crippen LogP contribution in [0.3, 0.4) is 0 Å². The van der Waals surface area contributed by atoms with Crippen molar-refractivity contribution in [3.8, 4) is 11.4 Å². The summed E-state index contributed by atoms with van der Waals surface area (Å²) in [6, 6.07) is 6.91. The number of anilines is 1. The Labute approximate surface area is 424 Å². The molecule has 0 bridgehead atoms. The number of carbonyl (C=O) groups is 7. The van der Waals surface area contributed by atoms with E-state index < -0.39 is 76.7 Å². The van der Waals surface area contributed by atoms with Gasteiger partial charge in [0.2, 0.25) is 17.7 Å². The van der Waals surface area contributed by atoms with E-state index in [1.165, 1.54) is 29.7 Å². The molecule has 2 aromatic carbocycles. The van der Waals surface area contributed by atoms with Gasteiger partial charge in [0, 0.05) is 46.8 Å². The van der Waals surface area contributed by atoms with Gasteiger partial charge >= 0.3 is 12.1 Å². The van der Waals surface area contributed by atoms with E-state index in [0.29, 0.717) is 82.5 Å². The molecule has 2 aromatic heterocycles. The quantitative estimate of drug-likeness (QED) is 0.0330. The van der Waals surface area contributed by atoms with Crippen molar-refractivity contribution in [3.63, 3.8) is 0 Å². The van der Waals surface area contributed by atoms with Gasteiger partial charge in [-0.05, 0) is 99.4 Å². The zero-order valence-electron chi connectivity index (χ0n) is 41.3. The maximum Gasteiger partial charge on any atom is 0.407 e. The second kappa shape index (κ2) is 22.8. The molecule has 6 amide bonds. The number of pyridine rings is 2. The first-order chi connectivity index (χ1) is 35.5. The normalized spacial score (nSPS) is 18.1. The van der Waals surface area contributed by atoms with Gasteiger partial charge < -0.3 is 55.6 Å². The Kier molecular flexibility index (Phi) is 16.3. The molecule has 0 saturated carbocycles. The predicted molar refractivity (Wildman–Crippen MR) is 263 cm³/mol. The molecule has 4 aliphatic rings. The zero-order valence-corrected chi connectivity index (χ0v) is 41.3. The first-order valence-electron chi connectivity index (χ1n) is 24.7. The predicted octanol–water partition coefficient (Wildman–Crippen LogP) is 2.85. The van der Waals surface area contributed by atoms with E-state index in [1.807, 2.05) is 0 Å². The first-order valence-corrected chi connectivity index (χ1v) is 24.7. The minimum Gasteiger partial charge on any atom is -0.458 e. The van der Waals surface area contributed by atoms with Crippen LogP contribution < -0.4 is 32.6 Å². The van der Waals surface area contributed by atoms with Crippen molar-refractivity contribution in [1.82, 2.24) is 30.4 Å². The van der Waals surface area contributed by atoms with Crippen LogP contribution in [0, 0.1) is 12.7 Å². The summed E-state index contributed by atoms with van der Waals surface area (Å²) in [6.07, 6.45) is 3.85. The van der Waals surface area contributed by atoms with E-state index in [0.717, 1.165) is 10.5 Å². The van der Waals surface area contributed by atoms with Gasteiger partial charge in [-0.15, -0.1) is 0 Å². The lowest BCUT2D eigenvalue weighted by molar-refractivity contribution is -0.172. The molecule has 74 heavy (non-hydrogen) atoms. The number of hydrogen-bond acceptors (Lipinski definition) is 15. The molecule has 0 fully saturated rings. The Morgan fingerprint density at radius 2 is 1.69 bits per heavy atom. The van der Waals surface area contributed by atoms with Crippen LogP contribution in [-0.4, -0.2) is 113 Å². The number of imide groups is 1. The highest BCUT2D eigenvalue weighted by molar-refractivity contribution is 6.12. The summed E-state index contributed by atoms with van der Waals surface area (Å²) in [7, 11) is 0. The lowest BCUT2D eigenvalue weighted by Crippen LogP contribution is -2.51. The van der Waals surface area contributed by atoms with E-state index >= 15 is 4.39 Å². The fourth-order valence-corrected chi connectivity index (χ4v) is 9.67. The number of aromatic nitrogens is 2. The molecule has 21 nitrogen and oxygen atoms in total. The standard InChI is InChI=1S/C52H59FN8O13/c1-4-52(70)35-23-40-46-33(25-61(40)49(67)34(35)27-73-50(52)68)45-37(13-12-32-28(2)36(53)24-39(58-46)44(32)45)59-51(69)74-26-30-8-10-31(11-9-30)56-47(65)29(3)55-48(66)38(7-5-6-17-54)57-41(62)16-19-71-21-22-72-20-18-60-42(63)14-15-43(60)64/h8-11,14-15,23-24,29,37-38,70H,4-7,12-13,16-22,25-27,54H2,1-3H3,(H,55,66)(H,56,65)(H,57,62)(H,59,69)/t29-,37?,38-,52-/m0/s1. The van der Waals surface area contributed by atoms with Gasteiger partial charge in [0.05, 0.1) is 68.0 Å². The highest BCUT2D eigenvalue weighted by atomic mass is 19.1. The molecular formula is C52H59FN8O13. The van der Waals surface area contributed by atoms with Gasteiger partial charge in [0.15, 0.2) is 5.60 Å². The van der Waals surface area contributed by atoms with Crippen LogP contribution in [0.15, 0.2) is 53.3 Å². The third kappa shape index (κ3) is 11.1. The Hall–Kier alpha value is -7.40. The highest BCUT2D eigenvalue weighted by Gasteiger charge is 2.46. The molecule has 392 valence electrons. The lowest BCUT2D eigenvalue weighted by atomic mass is 9.81. The summed E-state index contributed by atoms with van der Waals surface area (Å²) in [5.74, 6) is -3.60. The molecule has 4 aromatic rings. The topological polar surface area (TPSA) is 289 Å². The van der Waals surface area contributed by atoms with Crippen molar-refractivity contribution >= 4 is 58.2 Å². The van der Waals surface area contributed by atoms with Crippen molar-refractivity contribution < 1.29 is 62.0 Å². The largest absolute Gasteiger partial charge is 0.458 e. The van der Waals surface area contributed by atoms with Gasteiger partial charge in [-0.1, -0.05) is 19.1 Å². The molecule has 0 spiro atoms. The summed E-state index contributed by atoms with van der Waals surface area (Å²) in [6.45, 7) is 5.49. The maximum atomic E-state index is 15.4. The Bertz CT molecular complexity index is 2980. The number of esters is 1. The van der Waals surface area contributed by atoms with E-state index in [1.54, 1.807) is 44.2 Å². The molecule has 8 rings (SSSR count). The third-order valence-corrected chi connectivity index (χ3v) is 13.8. The molecule has 0 saturated heterocycles. The highest BCUT2D eigenvalue weighted by Crippen LogP contribution is 2.46. The number of carbonyl (C=O) groups excluding carboxylic acids is 7. The smallest absolute Gasteiger partial charge is 0.407 e. The summed E-state index contributed by atoms with van der Waals surface area (Å²) in [5.41, 5.74) is 8.06. The van der Waals surface area contributed by atoms with Crippen LogP contribution in [0.5, 0.6) is 0 Å². The molecule has 5 heterocycles. The Morgan fingerprint density at radius 3 is 2.41 bits per heavy atom. The molecule has 0 radical (unpaired) electrons. The molecule has 3 aliphatic heterocycles. The maximum absolute atomic E-state index is 15.4. The van der Waals surface area contributed by atoms with Crippen molar-refractivity contribution in [3.05, 3.63) is 104 Å². The van der Waals surface area contributed by atoms with Gasteiger partial charge in [-0.2, -0.15) is 0 Å². The summed E-state index contributed by atoms with van der Waals surface area (Å²) < 4.78 is 38.6. The number of rotatable bonds is 22. The number of halogens is 1. The minimum atomic E-state index is -2.03. The van der Waals surface area contributed by atoms with Crippen molar-refractivity contribution in [1.29, 1.82) is 0 Å². The number of cyclic esters (lactones) is 1. The van der Waals surface area contributed by atoms with Crippen LogP contribution in [0.2, 0.25) is 0 Å². The zero-order chi connectivity index (χ0) is 52.8.